The zero-order valence-electron chi connectivity index (χ0n) is 10.4. The minimum absolute atomic E-state index is 0.156. The summed E-state index contributed by atoms with van der Waals surface area (Å²) in [6, 6.07) is 3.58. The first-order valence-corrected chi connectivity index (χ1v) is 6.71. The Morgan fingerprint density at radius 2 is 2.06 bits per heavy atom. The fourth-order valence-corrected chi connectivity index (χ4v) is 3.15. The van der Waals surface area contributed by atoms with E-state index < -0.39 is 0 Å². The number of carbonyl (C=O) groups excluding carboxylic acids is 1. The average molecular weight is 266 g/mol. The average Bonchev–Trinajstić information content (AvgIpc) is 2.32. The first-order chi connectivity index (χ1) is 8.60. The molecule has 1 saturated heterocycles. The van der Waals surface area contributed by atoms with Gasteiger partial charge < -0.3 is 10.1 Å². The summed E-state index contributed by atoms with van der Waals surface area (Å²) in [6.45, 7) is 3.77. The van der Waals surface area contributed by atoms with Crippen LogP contribution in [0.2, 0.25) is 5.02 Å². The van der Waals surface area contributed by atoms with Gasteiger partial charge in [-0.2, -0.15) is 0 Å². The van der Waals surface area contributed by atoms with E-state index in [1.54, 1.807) is 6.07 Å². The van der Waals surface area contributed by atoms with Crippen molar-refractivity contribution in [2.24, 2.45) is 0 Å². The van der Waals surface area contributed by atoms with E-state index in [2.05, 4.69) is 5.32 Å². The smallest absolute Gasteiger partial charge is 0.170 e. The molecule has 3 nitrogen and oxygen atoms in total. The molecule has 0 aliphatic carbocycles. The summed E-state index contributed by atoms with van der Waals surface area (Å²) < 4.78 is 6.20. The van der Waals surface area contributed by atoms with Crippen LogP contribution >= 0.6 is 11.6 Å². The van der Waals surface area contributed by atoms with E-state index in [1.807, 2.05) is 13.0 Å². The standard InChI is InChI=1S/C14H16ClNO2/c1-9-6-10(15)7-11-12(17)8-14(18-13(9)11)2-4-16-5-3-14/h6-7,16H,2-5,8H2,1H3. The van der Waals surface area contributed by atoms with Crippen LogP contribution in [0.15, 0.2) is 12.1 Å². The van der Waals surface area contributed by atoms with E-state index in [1.165, 1.54) is 0 Å². The maximum atomic E-state index is 12.3. The maximum Gasteiger partial charge on any atom is 0.170 e. The summed E-state index contributed by atoms with van der Waals surface area (Å²) >= 11 is 6.01. The van der Waals surface area contributed by atoms with Crippen molar-refractivity contribution in [1.29, 1.82) is 0 Å². The predicted molar refractivity (Wildman–Crippen MR) is 70.6 cm³/mol. The number of fused-ring (bicyclic) bond motifs is 1. The van der Waals surface area contributed by atoms with Crippen molar-refractivity contribution in [3.05, 3.63) is 28.3 Å². The van der Waals surface area contributed by atoms with Gasteiger partial charge in [-0.15, -0.1) is 0 Å². The monoisotopic (exact) mass is 265 g/mol. The lowest BCUT2D eigenvalue weighted by atomic mass is 9.82. The topological polar surface area (TPSA) is 38.3 Å². The fourth-order valence-electron chi connectivity index (χ4n) is 2.87. The second kappa shape index (κ2) is 4.25. The molecule has 1 spiro atoms. The minimum Gasteiger partial charge on any atom is -0.486 e. The highest BCUT2D eigenvalue weighted by atomic mass is 35.5. The van der Waals surface area contributed by atoms with Crippen LogP contribution in [0.1, 0.15) is 35.2 Å². The number of halogens is 1. The number of ether oxygens (including phenoxy) is 1. The molecule has 1 aromatic rings. The molecule has 0 unspecified atom stereocenters. The van der Waals surface area contributed by atoms with Crippen molar-refractivity contribution < 1.29 is 9.53 Å². The van der Waals surface area contributed by atoms with Gasteiger partial charge in [0, 0.05) is 17.9 Å². The third-order valence-electron chi connectivity index (χ3n) is 3.86. The Bertz CT molecular complexity index is 507. The lowest BCUT2D eigenvalue weighted by molar-refractivity contribution is 0.0182. The van der Waals surface area contributed by atoms with Gasteiger partial charge >= 0.3 is 0 Å². The highest BCUT2D eigenvalue weighted by Crippen LogP contribution is 2.41. The van der Waals surface area contributed by atoms with Crippen molar-refractivity contribution >= 4 is 17.4 Å². The largest absolute Gasteiger partial charge is 0.486 e. The molecule has 1 fully saturated rings. The number of nitrogens with one attached hydrogen (secondary N) is 1. The van der Waals surface area contributed by atoms with E-state index in [9.17, 15) is 4.79 Å². The second-order valence-corrected chi connectivity index (χ2v) is 5.67. The first kappa shape index (κ1) is 12.0. The number of aryl methyl sites for hydroxylation is 1. The Balaban J connectivity index is 2.04. The van der Waals surface area contributed by atoms with E-state index in [-0.39, 0.29) is 11.4 Å². The summed E-state index contributed by atoms with van der Waals surface area (Å²) in [5.41, 5.74) is 1.29. The molecular formula is C14H16ClNO2. The van der Waals surface area contributed by atoms with Gasteiger partial charge in [0.15, 0.2) is 5.78 Å². The minimum atomic E-state index is -0.298. The van der Waals surface area contributed by atoms with E-state index in [0.717, 1.165) is 37.2 Å². The van der Waals surface area contributed by atoms with Gasteiger partial charge in [0.1, 0.15) is 11.4 Å². The Hall–Kier alpha value is -1.06. The molecule has 2 aliphatic heterocycles. The Morgan fingerprint density at radius 3 is 2.78 bits per heavy atom. The molecular weight excluding hydrogens is 250 g/mol. The molecule has 0 bridgehead atoms. The van der Waals surface area contributed by atoms with Gasteiger partial charge in [-0.25, -0.2) is 0 Å². The van der Waals surface area contributed by atoms with Crippen molar-refractivity contribution in [3.8, 4) is 5.75 Å². The van der Waals surface area contributed by atoms with Crippen molar-refractivity contribution in [3.63, 3.8) is 0 Å². The zero-order valence-corrected chi connectivity index (χ0v) is 11.1. The molecule has 4 heteroatoms. The number of piperidine rings is 1. The van der Waals surface area contributed by atoms with Crippen LogP contribution in [0.5, 0.6) is 5.75 Å². The lowest BCUT2D eigenvalue weighted by Crippen LogP contribution is -2.49. The van der Waals surface area contributed by atoms with Gasteiger partial charge in [0.25, 0.3) is 0 Å². The molecule has 0 atom stereocenters. The number of ketones is 1. The highest BCUT2D eigenvalue weighted by molar-refractivity contribution is 6.31. The molecule has 0 aromatic heterocycles. The molecule has 0 radical (unpaired) electrons. The molecule has 1 aromatic carbocycles. The third-order valence-corrected chi connectivity index (χ3v) is 4.07. The Labute approximate surface area is 111 Å². The van der Waals surface area contributed by atoms with E-state index in [4.69, 9.17) is 16.3 Å². The van der Waals surface area contributed by atoms with Gasteiger partial charge in [-0.05, 0) is 37.7 Å². The summed E-state index contributed by atoms with van der Waals surface area (Å²) in [6.07, 6.45) is 2.25. The van der Waals surface area contributed by atoms with Crippen molar-refractivity contribution in [2.75, 3.05) is 13.1 Å². The Morgan fingerprint density at radius 1 is 1.33 bits per heavy atom. The summed E-state index contributed by atoms with van der Waals surface area (Å²) in [5, 5.41) is 3.91. The molecule has 18 heavy (non-hydrogen) atoms. The number of Topliss-reactive ketones (excluding diaryl/α,β-unsaturated/α-hetero) is 1. The molecule has 2 heterocycles. The number of rotatable bonds is 0. The van der Waals surface area contributed by atoms with Crippen molar-refractivity contribution in [2.45, 2.75) is 31.8 Å². The van der Waals surface area contributed by atoms with Crippen LogP contribution < -0.4 is 10.1 Å². The highest BCUT2D eigenvalue weighted by Gasteiger charge is 2.41. The van der Waals surface area contributed by atoms with Crippen LogP contribution in [0.3, 0.4) is 0 Å². The molecule has 2 aliphatic rings. The first-order valence-electron chi connectivity index (χ1n) is 6.33. The van der Waals surface area contributed by atoms with Crippen molar-refractivity contribution in [1.82, 2.24) is 5.32 Å². The molecule has 1 N–H and O–H groups in total. The molecule has 3 rings (SSSR count). The van der Waals surface area contributed by atoms with Gasteiger partial charge in [0.2, 0.25) is 0 Å². The zero-order chi connectivity index (χ0) is 12.8. The van der Waals surface area contributed by atoms with Crippen LogP contribution in [0.25, 0.3) is 0 Å². The number of carbonyl (C=O) groups is 1. The summed E-state index contributed by atoms with van der Waals surface area (Å²) in [5.74, 6) is 0.890. The van der Waals surface area contributed by atoms with Crippen LogP contribution in [0, 0.1) is 6.92 Å². The second-order valence-electron chi connectivity index (χ2n) is 5.23. The summed E-state index contributed by atoms with van der Waals surface area (Å²) in [4.78, 5) is 12.3. The van der Waals surface area contributed by atoms with Gasteiger partial charge in [-0.1, -0.05) is 11.6 Å². The maximum absolute atomic E-state index is 12.3. The third kappa shape index (κ3) is 1.91. The van der Waals surface area contributed by atoms with E-state index in [0.29, 0.717) is 17.0 Å². The molecule has 0 saturated carbocycles. The van der Waals surface area contributed by atoms with Crippen LogP contribution in [-0.4, -0.2) is 24.5 Å². The Kier molecular flexibility index (Phi) is 2.83. The molecule has 96 valence electrons. The normalized spacial score (nSPS) is 21.6. The fraction of sp³-hybridized carbons (Fsp3) is 0.500. The number of hydrogen-bond donors (Lipinski definition) is 1. The van der Waals surface area contributed by atoms with Crippen LogP contribution in [-0.2, 0) is 0 Å². The lowest BCUT2D eigenvalue weighted by Gasteiger charge is -2.41. The number of hydrogen-bond acceptors (Lipinski definition) is 3. The van der Waals surface area contributed by atoms with E-state index >= 15 is 0 Å². The quantitative estimate of drug-likeness (QED) is 0.784. The summed E-state index contributed by atoms with van der Waals surface area (Å²) in [7, 11) is 0. The SMILES string of the molecule is Cc1cc(Cl)cc2c1OC1(CCNCC1)CC2=O. The molecule has 0 amide bonds. The van der Waals surface area contributed by atoms with Gasteiger partial charge in [-0.3, -0.25) is 4.79 Å². The van der Waals surface area contributed by atoms with Gasteiger partial charge in [0.05, 0.1) is 12.0 Å². The van der Waals surface area contributed by atoms with Crippen LogP contribution in [0.4, 0.5) is 0 Å². The predicted octanol–water partition coefficient (Wildman–Crippen LogP) is 2.74. The number of benzene rings is 1.